The molecule has 0 spiro atoms. The van der Waals surface area contributed by atoms with Gasteiger partial charge >= 0.3 is 5.97 Å². The number of rotatable bonds is 7. The lowest BCUT2D eigenvalue weighted by Crippen LogP contribution is -2.42. The van der Waals surface area contributed by atoms with Gasteiger partial charge in [-0.2, -0.15) is 0 Å². The van der Waals surface area contributed by atoms with E-state index in [9.17, 15) is 22.7 Å². The van der Waals surface area contributed by atoms with Gasteiger partial charge in [-0.25, -0.2) is 17.5 Å². The number of hydrogen-bond donors (Lipinski definition) is 2. The Balaban J connectivity index is 3.03. The minimum Gasteiger partial charge on any atom is -0.481 e. The smallest absolute Gasteiger partial charge is 0.310 e. The normalized spacial score (nSPS) is 12.4. The number of halogens is 2. The minimum absolute atomic E-state index is 0.0773. The predicted molar refractivity (Wildman–Crippen MR) is 77.2 cm³/mol. The van der Waals surface area contributed by atoms with Gasteiger partial charge in [0, 0.05) is 11.6 Å². The lowest BCUT2D eigenvalue weighted by Gasteiger charge is -2.26. The summed E-state index contributed by atoms with van der Waals surface area (Å²) in [6.45, 7) is 3.02. The Hall–Kier alpha value is -1.18. The van der Waals surface area contributed by atoms with Crippen LogP contribution in [0.25, 0.3) is 0 Å². The Morgan fingerprint density at radius 2 is 1.95 bits per heavy atom. The summed E-state index contributed by atoms with van der Waals surface area (Å²) in [5.41, 5.74) is -1.21. The van der Waals surface area contributed by atoms with Gasteiger partial charge in [-0.15, -0.1) is 0 Å². The first-order chi connectivity index (χ1) is 9.68. The summed E-state index contributed by atoms with van der Waals surface area (Å²) in [5.74, 6) is -2.07. The number of carboxylic acids is 1. The molecule has 8 heteroatoms. The number of sulfonamides is 1. The summed E-state index contributed by atoms with van der Waals surface area (Å²) in [4.78, 5) is 10.8. The van der Waals surface area contributed by atoms with Crippen LogP contribution in [0.2, 0.25) is 5.02 Å². The Morgan fingerprint density at radius 1 is 1.38 bits per heavy atom. The second-order valence-electron chi connectivity index (χ2n) is 4.69. The van der Waals surface area contributed by atoms with E-state index in [0.717, 1.165) is 12.1 Å². The molecule has 0 bridgehead atoms. The van der Waals surface area contributed by atoms with Crippen LogP contribution in [0.15, 0.2) is 23.1 Å². The molecule has 0 amide bonds. The predicted octanol–water partition coefficient (Wildman–Crippen LogP) is 2.65. The molecule has 0 saturated carbocycles. The highest BCUT2D eigenvalue weighted by Crippen LogP contribution is 2.27. The van der Waals surface area contributed by atoms with Gasteiger partial charge in [-0.1, -0.05) is 25.4 Å². The molecule has 118 valence electrons. The molecule has 2 N–H and O–H groups in total. The van der Waals surface area contributed by atoms with Crippen LogP contribution in [0, 0.1) is 11.2 Å². The molecular weight excluding hydrogens is 321 g/mol. The highest BCUT2D eigenvalue weighted by Gasteiger charge is 2.36. The van der Waals surface area contributed by atoms with E-state index in [1.54, 1.807) is 13.8 Å². The van der Waals surface area contributed by atoms with Crippen LogP contribution < -0.4 is 4.72 Å². The fourth-order valence-electron chi connectivity index (χ4n) is 1.88. The van der Waals surface area contributed by atoms with Gasteiger partial charge in [-0.05, 0) is 31.0 Å². The van der Waals surface area contributed by atoms with Gasteiger partial charge in [-0.3, -0.25) is 4.79 Å². The molecule has 0 heterocycles. The maximum absolute atomic E-state index is 13.7. The van der Waals surface area contributed by atoms with E-state index in [1.807, 2.05) is 0 Å². The van der Waals surface area contributed by atoms with Crippen molar-refractivity contribution in [1.82, 2.24) is 4.72 Å². The van der Waals surface area contributed by atoms with Crippen molar-refractivity contribution in [1.29, 1.82) is 0 Å². The second-order valence-corrected chi connectivity index (χ2v) is 6.86. The van der Waals surface area contributed by atoms with Crippen LogP contribution in [0.3, 0.4) is 0 Å². The molecule has 0 aliphatic carbocycles. The van der Waals surface area contributed by atoms with Crippen molar-refractivity contribution in [3.63, 3.8) is 0 Å². The SMILES string of the molecule is CCC(CC)(CNS(=O)(=O)c1ccc(Cl)cc1F)C(=O)O. The summed E-state index contributed by atoms with van der Waals surface area (Å²) in [5, 5.41) is 9.33. The quantitative estimate of drug-likeness (QED) is 0.801. The van der Waals surface area contributed by atoms with Gasteiger partial charge in [0.2, 0.25) is 10.0 Å². The van der Waals surface area contributed by atoms with Gasteiger partial charge in [0.05, 0.1) is 5.41 Å². The fourth-order valence-corrected chi connectivity index (χ4v) is 3.23. The monoisotopic (exact) mass is 337 g/mol. The van der Waals surface area contributed by atoms with Gasteiger partial charge in [0.1, 0.15) is 10.7 Å². The summed E-state index contributed by atoms with van der Waals surface area (Å²) in [7, 11) is -4.14. The van der Waals surface area contributed by atoms with Crippen molar-refractivity contribution in [3.05, 3.63) is 29.0 Å². The highest BCUT2D eigenvalue weighted by atomic mass is 35.5. The molecule has 5 nitrogen and oxygen atoms in total. The van der Waals surface area contributed by atoms with E-state index in [1.165, 1.54) is 6.07 Å². The molecule has 1 rings (SSSR count). The second kappa shape index (κ2) is 6.72. The van der Waals surface area contributed by atoms with E-state index in [-0.39, 0.29) is 24.4 Å². The van der Waals surface area contributed by atoms with Crippen molar-refractivity contribution >= 4 is 27.6 Å². The lowest BCUT2D eigenvalue weighted by atomic mass is 9.83. The number of benzene rings is 1. The van der Waals surface area contributed by atoms with Gasteiger partial charge in [0.15, 0.2) is 0 Å². The standard InChI is InChI=1S/C13H17ClFNO4S/c1-3-13(4-2,12(17)18)8-16-21(19,20)11-6-5-9(14)7-10(11)15/h5-7,16H,3-4,8H2,1-2H3,(H,17,18). The summed E-state index contributed by atoms with van der Waals surface area (Å²) in [6.07, 6.45) is 0.509. The average molecular weight is 338 g/mol. The highest BCUT2D eigenvalue weighted by molar-refractivity contribution is 7.89. The first-order valence-electron chi connectivity index (χ1n) is 6.36. The molecule has 1 aromatic carbocycles. The molecule has 0 radical (unpaired) electrons. The molecular formula is C13H17ClFNO4S. The van der Waals surface area contributed by atoms with Crippen molar-refractivity contribution in [2.75, 3.05) is 6.54 Å². The molecule has 1 aromatic rings. The van der Waals surface area contributed by atoms with E-state index >= 15 is 0 Å². The summed E-state index contributed by atoms with van der Waals surface area (Å²) >= 11 is 5.57. The van der Waals surface area contributed by atoms with Crippen LogP contribution in [0.4, 0.5) is 4.39 Å². The molecule has 0 aromatic heterocycles. The number of nitrogens with one attached hydrogen (secondary N) is 1. The Kier molecular flexibility index (Phi) is 5.72. The van der Waals surface area contributed by atoms with Crippen molar-refractivity contribution in [2.45, 2.75) is 31.6 Å². The Bertz CT molecular complexity index is 629. The third-order valence-electron chi connectivity index (χ3n) is 3.59. The van der Waals surface area contributed by atoms with Crippen LogP contribution in [0.5, 0.6) is 0 Å². The number of aliphatic carboxylic acids is 1. The number of carboxylic acid groups (broad SMARTS) is 1. The maximum atomic E-state index is 13.7. The van der Waals surface area contributed by atoms with Crippen LogP contribution >= 0.6 is 11.6 Å². The van der Waals surface area contributed by atoms with Crippen molar-refractivity contribution in [2.24, 2.45) is 5.41 Å². The van der Waals surface area contributed by atoms with Gasteiger partial charge < -0.3 is 5.11 Å². The molecule has 0 aliphatic rings. The van der Waals surface area contributed by atoms with Crippen LogP contribution in [-0.2, 0) is 14.8 Å². The summed E-state index contributed by atoms with van der Waals surface area (Å²) in [6, 6.07) is 3.18. The first-order valence-corrected chi connectivity index (χ1v) is 8.22. The molecule has 21 heavy (non-hydrogen) atoms. The van der Waals surface area contributed by atoms with Crippen molar-refractivity contribution < 1.29 is 22.7 Å². The Labute approximate surface area is 128 Å². The third kappa shape index (κ3) is 3.93. The topological polar surface area (TPSA) is 83.5 Å². The molecule has 0 fully saturated rings. The number of carbonyl (C=O) groups is 1. The molecule has 0 atom stereocenters. The van der Waals surface area contributed by atoms with Gasteiger partial charge in [0.25, 0.3) is 0 Å². The largest absolute Gasteiger partial charge is 0.481 e. The molecule has 0 aliphatic heterocycles. The number of hydrogen-bond acceptors (Lipinski definition) is 3. The zero-order valence-corrected chi connectivity index (χ0v) is 13.3. The lowest BCUT2D eigenvalue weighted by molar-refractivity contribution is -0.149. The maximum Gasteiger partial charge on any atom is 0.310 e. The first kappa shape index (κ1) is 17.9. The molecule has 0 saturated heterocycles. The van der Waals surface area contributed by atoms with Crippen LogP contribution in [-0.4, -0.2) is 26.0 Å². The minimum atomic E-state index is -4.14. The van der Waals surface area contributed by atoms with E-state index in [0.29, 0.717) is 0 Å². The van der Waals surface area contributed by atoms with Crippen LogP contribution in [0.1, 0.15) is 26.7 Å². The fraction of sp³-hybridized carbons (Fsp3) is 0.462. The zero-order valence-electron chi connectivity index (χ0n) is 11.7. The zero-order chi connectivity index (χ0) is 16.3. The van der Waals surface area contributed by atoms with E-state index < -0.39 is 32.1 Å². The van der Waals surface area contributed by atoms with E-state index in [4.69, 9.17) is 11.6 Å². The Morgan fingerprint density at radius 3 is 2.38 bits per heavy atom. The summed E-state index contributed by atoms with van der Waals surface area (Å²) < 4.78 is 40.0. The van der Waals surface area contributed by atoms with Crippen molar-refractivity contribution in [3.8, 4) is 0 Å². The average Bonchev–Trinajstić information content (AvgIpc) is 2.39. The van der Waals surface area contributed by atoms with E-state index in [2.05, 4.69) is 4.72 Å². The third-order valence-corrected chi connectivity index (χ3v) is 5.26. The molecule has 0 unspecified atom stereocenters.